The van der Waals surface area contributed by atoms with E-state index in [1.807, 2.05) is 18.2 Å². The average molecular weight is 317 g/mol. The minimum absolute atomic E-state index is 0.0255. The summed E-state index contributed by atoms with van der Waals surface area (Å²) < 4.78 is 31.1. The molecule has 0 aliphatic heterocycles. The number of halogens is 2. The first kappa shape index (κ1) is 16.9. The highest BCUT2D eigenvalue weighted by Crippen LogP contribution is 2.31. The molecule has 1 saturated carbocycles. The minimum atomic E-state index is -1.03. The van der Waals surface area contributed by atoms with Crippen molar-refractivity contribution in [1.82, 2.24) is 0 Å². The van der Waals surface area contributed by atoms with Crippen LogP contribution in [-0.4, -0.2) is 5.97 Å². The molecule has 1 aliphatic carbocycles. The van der Waals surface area contributed by atoms with Gasteiger partial charge in [-0.05, 0) is 43.7 Å². The molecule has 0 N–H and O–H groups in total. The van der Waals surface area contributed by atoms with Crippen LogP contribution in [0.3, 0.4) is 0 Å². The molecule has 0 radical (unpaired) electrons. The highest BCUT2D eigenvalue weighted by atomic mass is 19.2. The molecule has 0 spiro atoms. The maximum atomic E-state index is 13.1. The maximum Gasteiger partial charge on any atom is 0.314 e. The van der Waals surface area contributed by atoms with Crippen molar-refractivity contribution in [1.29, 1.82) is 5.26 Å². The van der Waals surface area contributed by atoms with Crippen molar-refractivity contribution < 1.29 is 18.3 Å². The lowest BCUT2D eigenvalue weighted by atomic mass is 9.82. The molecule has 0 bridgehead atoms. The topological polar surface area (TPSA) is 50.1 Å². The SMILES string of the molecule is N#CC=CC=CC1CCC(C(=O)Oc2ccc(F)c(F)c2)CC1. The Morgan fingerprint density at radius 2 is 1.91 bits per heavy atom. The van der Waals surface area contributed by atoms with Crippen molar-refractivity contribution in [3.05, 3.63) is 54.1 Å². The van der Waals surface area contributed by atoms with Crippen LogP contribution in [0, 0.1) is 34.8 Å². The van der Waals surface area contributed by atoms with Crippen LogP contribution in [0.1, 0.15) is 25.7 Å². The van der Waals surface area contributed by atoms with E-state index in [0.717, 1.165) is 25.0 Å². The van der Waals surface area contributed by atoms with E-state index >= 15 is 0 Å². The van der Waals surface area contributed by atoms with Crippen LogP contribution in [0.2, 0.25) is 0 Å². The maximum absolute atomic E-state index is 13.1. The van der Waals surface area contributed by atoms with E-state index in [2.05, 4.69) is 0 Å². The van der Waals surface area contributed by atoms with E-state index in [1.165, 1.54) is 12.1 Å². The molecular formula is C18H17F2NO2. The highest BCUT2D eigenvalue weighted by Gasteiger charge is 2.26. The largest absolute Gasteiger partial charge is 0.426 e. The molecule has 120 valence electrons. The molecule has 2 rings (SSSR count). The van der Waals surface area contributed by atoms with Crippen molar-refractivity contribution in [2.45, 2.75) is 25.7 Å². The fourth-order valence-corrected chi connectivity index (χ4v) is 2.61. The van der Waals surface area contributed by atoms with Gasteiger partial charge in [0.1, 0.15) is 5.75 Å². The molecule has 1 fully saturated rings. The number of benzene rings is 1. The van der Waals surface area contributed by atoms with E-state index in [-0.39, 0.29) is 11.7 Å². The van der Waals surface area contributed by atoms with Crippen LogP contribution < -0.4 is 4.74 Å². The molecule has 0 amide bonds. The van der Waals surface area contributed by atoms with Crippen LogP contribution in [0.25, 0.3) is 0 Å². The van der Waals surface area contributed by atoms with Gasteiger partial charge in [-0.15, -0.1) is 0 Å². The minimum Gasteiger partial charge on any atom is -0.426 e. The molecule has 5 heteroatoms. The molecule has 0 heterocycles. The molecule has 1 aromatic carbocycles. The summed E-state index contributed by atoms with van der Waals surface area (Å²) in [6.45, 7) is 0. The lowest BCUT2D eigenvalue weighted by molar-refractivity contribution is -0.140. The summed E-state index contributed by atoms with van der Waals surface area (Å²) in [5, 5.41) is 8.39. The van der Waals surface area contributed by atoms with Gasteiger partial charge in [0, 0.05) is 12.1 Å². The highest BCUT2D eigenvalue weighted by molar-refractivity contribution is 5.75. The number of hydrogen-bond acceptors (Lipinski definition) is 3. The zero-order valence-electron chi connectivity index (χ0n) is 12.5. The van der Waals surface area contributed by atoms with E-state index in [0.29, 0.717) is 18.8 Å². The summed E-state index contributed by atoms with van der Waals surface area (Å²) in [6, 6.07) is 4.97. The predicted molar refractivity (Wildman–Crippen MR) is 81.3 cm³/mol. The second-order valence-electron chi connectivity index (χ2n) is 5.48. The van der Waals surface area contributed by atoms with E-state index in [9.17, 15) is 13.6 Å². The molecule has 1 aromatic rings. The summed E-state index contributed by atoms with van der Waals surface area (Å²) >= 11 is 0. The van der Waals surface area contributed by atoms with E-state index < -0.39 is 17.6 Å². The standard InChI is InChI=1S/C18H17F2NO2/c19-16-10-9-15(12-17(16)20)23-18(22)14-7-5-13(6-8-14)4-2-1-3-11-21/h1-4,9-10,12-14H,5-8H2. The third kappa shape index (κ3) is 5.03. The van der Waals surface area contributed by atoms with Crippen molar-refractivity contribution in [2.24, 2.45) is 11.8 Å². The van der Waals surface area contributed by atoms with Crippen LogP contribution in [0.4, 0.5) is 8.78 Å². The normalized spacial score (nSPS) is 21.4. The van der Waals surface area contributed by atoms with Crippen LogP contribution in [0.15, 0.2) is 42.5 Å². The molecular weight excluding hydrogens is 300 g/mol. The molecule has 23 heavy (non-hydrogen) atoms. The third-order valence-electron chi connectivity index (χ3n) is 3.88. The Labute approximate surface area is 133 Å². The summed E-state index contributed by atoms with van der Waals surface area (Å²) in [5.74, 6) is -2.22. The molecule has 0 saturated heterocycles. The quantitative estimate of drug-likeness (QED) is 0.360. The Bertz CT molecular complexity index is 653. The Balaban J connectivity index is 1.83. The third-order valence-corrected chi connectivity index (χ3v) is 3.88. The van der Waals surface area contributed by atoms with E-state index in [4.69, 9.17) is 10.00 Å². The Hall–Kier alpha value is -2.48. The molecule has 0 aromatic heterocycles. The Kier molecular flexibility index (Phi) is 6.04. The lowest BCUT2D eigenvalue weighted by Crippen LogP contribution is -2.25. The van der Waals surface area contributed by atoms with Crippen LogP contribution in [-0.2, 0) is 4.79 Å². The van der Waals surface area contributed by atoms with Gasteiger partial charge in [-0.25, -0.2) is 8.78 Å². The average Bonchev–Trinajstić information content (AvgIpc) is 2.55. The van der Waals surface area contributed by atoms with Crippen molar-refractivity contribution in [3.63, 3.8) is 0 Å². The molecule has 0 atom stereocenters. The van der Waals surface area contributed by atoms with Gasteiger partial charge in [0.25, 0.3) is 0 Å². The van der Waals surface area contributed by atoms with Crippen molar-refractivity contribution >= 4 is 5.97 Å². The second kappa shape index (κ2) is 8.23. The lowest BCUT2D eigenvalue weighted by Gasteiger charge is -2.25. The summed E-state index contributed by atoms with van der Waals surface area (Å²) in [7, 11) is 0. The van der Waals surface area contributed by atoms with Crippen LogP contribution >= 0.6 is 0 Å². The smallest absolute Gasteiger partial charge is 0.314 e. The van der Waals surface area contributed by atoms with Gasteiger partial charge < -0.3 is 4.74 Å². The predicted octanol–water partition coefficient (Wildman–Crippen LogP) is 4.31. The van der Waals surface area contributed by atoms with Crippen LogP contribution in [0.5, 0.6) is 5.75 Å². The first-order valence-corrected chi connectivity index (χ1v) is 7.50. The summed E-state index contributed by atoms with van der Waals surface area (Å²) in [4.78, 5) is 12.1. The van der Waals surface area contributed by atoms with Crippen molar-refractivity contribution in [3.8, 4) is 11.8 Å². The Morgan fingerprint density at radius 3 is 2.57 bits per heavy atom. The molecule has 0 unspecified atom stereocenters. The zero-order valence-corrected chi connectivity index (χ0v) is 12.5. The molecule has 1 aliphatic rings. The first-order valence-electron chi connectivity index (χ1n) is 7.50. The van der Waals surface area contributed by atoms with Gasteiger partial charge in [-0.3, -0.25) is 4.79 Å². The van der Waals surface area contributed by atoms with Gasteiger partial charge in [0.05, 0.1) is 12.0 Å². The monoisotopic (exact) mass is 317 g/mol. The van der Waals surface area contributed by atoms with Gasteiger partial charge in [0.15, 0.2) is 11.6 Å². The van der Waals surface area contributed by atoms with Gasteiger partial charge in [-0.1, -0.05) is 18.2 Å². The number of carbonyl (C=O) groups excluding carboxylic acids is 1. The van der Waals surface area contributed by atoms with Gasteiger partial charge >= 0.3 is 5.97 Å². The number of nitrogens with zero attached hydrogens (tertiary/aromatic N) is 1. The van der Waals surface area contributed by atoms with Gasteiger partial charge in [-0.2, -0.15) is 5.26 Å². The number of allylic oxidation sites excluding steroid dienone is 4. The van der Waals surface area contributed by atoms with Crippen molar-refractivity contribution in [2.75, 3.05) is 0 Å². The number of nitriles is 1. The zero-order chi connectivity index (χ0) is 16.7. The Morgan fingerprint density at radius 1 is 1.17 bits per heavy atom. The summed E-state index contributed by atoms with van der Waals surface area (Å²) in [6.07, 6.45) is 10.1. The first-order chi connectivity index (χ1) is 11.1. The number of carbonyl (C=O) groups is 1. The number of ether oxygens (including phenoxy) is 1. The fourth-order valence-electron chi connectivity index (χ4n) is 2.61. The number of esters is 1. The fraction of sp³-hybridized carbons (Fsp3) is 0.333. The van der Waals surface area contributed by atoms with Gasteiger partial charge in [0.2, 0.25) is 0 Å². The molecule has 3 nitrogen and oxygen atoms in total. The summed E-state index contributed by atoms with van der Waals surface area (Å²) in [5.41, 5.74) is 0. The second-order valence-corrected chi connectivity index (χ2v) is 5.48. The van der Waals surface area contributed by atoms with E-state index in [1.54, 1.807) is 6.08 Å². The number of rotatable bonds is 4. The number of hydrogen-bond donors (Lipinski definition) is 0.